The van der Waals surface area contributed by atoms with E-state index in [2.05, 4.69) is 4.90 Å². The molecule has 1 amide bonds. The number of carbonyl (C=O) groups is 1. The molecule has 7 nitrogen and oxygen atoms in total. The summed E-state index contributed by atoms with van der Waals surface area (Å²) in [6.07, 6.45) is 0. The third-order valence-electron chi connectivity index (χ3n) is 4.13. The Morgan fingerprint density at radius 3 is 2.57 bits per heavy atom. The van der Waals surface area contributed by atoms with Crippen molar-refractivity contribution in [2.24, 2.45) is 5.14 Å². The van der Waals surface area contributed by atoms with Gasteiger partial charge in [0, 0.05) is 38.3 Å². The number of morpholine rings is 1. The minimum absolute atomic E-state index is 0.0501. The average Bonchev–Trinajstić information content (AvgIpc) is 2.80. The van der Waals surface area contributed by atoms with Gasteiger partial charge in [-0.25, -0.2) is 13.6 Å². The van der Waals surface area contributed by atoms with Crippen LogP contribution < -0.4 is 5.14 Å². The summed E-state index contributed by atoms with van der Waals surface area (Å²) in [5, 5.41) is 5.18. The van der Waals surface area contributed by atoms with Gasteiger partial charge in [-0.1, -0.05) is 11.6 Å². The summed E-state index contributed by atoms with van der Waals surface area (Å²) >= 11 is 5.98. The van der Waals surface area contributed by atoms with E-state index >= 15 is 0 Å². The van der Waals surface area contributed by atoms with E-state index in [1.54, 1.807) is 4.90 Å². The van der Waals surface area contributed by atoms with Crippen molar-refractivity contribution in [1.29, 1.82) is 0 Å². The fraction of sp³-hybridized carbons (Fsp3) is 0.500. The lowest BCUT2D eigenvalue weighted by Crippen LogP contribution is -2.41. The first-order valence-electron chi connectivity index (χ1n) is 7.31. The largest absolute Gasteiger partial charge is 0.379 e. The molecule has 2 N–H and O–H groups in total. The maximum absolute atomic E-state index is 12.5. The van der Waals surface area contributed by atoms with E-state index in [4.69, 9.17) is 21.5 Å². The van der Waals surface area contributed by atoms with Crippen molar-refractivity contribution in [3.8, 4) is 0 Å². The SMILES string of the molecule is NS(=O)(=O)c1cc2c(cc1Cl)CN(CCN1CCOCC1)C2=O. The molecule has 0 atom stereocenters. The van der Waals surface area contributed by atoms with Crippen LogP contribution in [0.3, 0.4) is 0 Å². The van der Waals surface area contributed by atoms with E-state index in [-0.39, 0.29) is 15.8 Å². The average molecular weight is 360 g/mol. The van der Waals surface area contributed by atoms with Gasteiger partial charge >= 0.3 is 0 Å². The Bertz CT molecular complexity index is 732. The number of fused-ring (bicyclic) bond motifs is 1. The Kier molecular flexibility index (Phi) is 4.61. The van der Waals surface area contributed by atoms with Crippen molar-refractivity contribution in [1.82, 2.24) is 9.80 Å². The molecule has 23 heavy (non-hydrogen) atoms. The summed E-state index contributed by atoms with van der Waals surface area (Å²) in [6, 6.07) is 2.80. The molecule has 0 bridgehead atoms. The van der Waals surface area contributed by atoms with Crippen LogP contribution in [0.1, 0.15) is 15.9 Å². The first kappa shape index (κ1) is 16.7. The molecule has 3 rings (SSSR count). The number of carbonyl (C=O) groups excluding carboxylic acids is 1. The summed E-state index contributed by atoms with van der Waals surface area (Å²) in [5.41, 5.74) is 1.09. The number of hydrogen-bond donors (Lipinski definition) is 1. The monoisotopic (exact) mass is 359 g/mol. The highest BCUT2D eigenvalue weighted by Crippen LogP contribution is 2.30. The number of primary sulfonamides is 1. The van der Waals surface area contributed by atoms with Crippen LogP contribution in [-0.4, -0.2) is 63.5 Å². The van der Waals surface area contributed by atoms with Gasteiger partial charge in [0.15, 0.2) is 0 Å². The van der Waals surface area contributed by atoms with Crippen molar-refractivity contribution < 1.29 is 17.9 Å². The lowest BCUT2D eigenvalue weighted by atomic mass is 10.1. The first-order chi connectivity index (χ1) is 10.9. The summed E-state index contributed by atoms with van der Waals surface area (Å²) in [7, 11) is -3.95. The molecule has 2 aliphatic rings. The van der Waals surface area contributed by atoms with Gasteiger partial charge < -0.3 is 9.64 Å². The van der Waals surface area contributed by atoms with E-state index in [0.717, 1.165) is 25.2 Å². The highest BCUT2D eigenvalue weighted by molar-refractivity contribution is 7.89. The zero-order valence-electron chi connectivity index (χ0n) is 12.5. The normalized spacial score (nSPS) is 19.2. The number of halogens is 1. The van der Waals surface area contributed by atoms with E-state index in [0.29, 0.717) is 31.9 Å². The van der Waals surface area contributed by atoms with Crippen LogP contribution in [0.25, 0.3) is 0 Å². The predicted molar refractivity (Wildman–Crippen MR) is 84.8 cm³/mol. The number of nitrogens with two attached hydrogens (primary N) is 1. The summed E-state index contributed by atoms with van der Waals surface area (Å²) in [5.74, 6) is -0.185. The van der Waals surface area contributed by atoms with Crippen LogP contribution in [0, 0.1) is 0 Å². The maximum Gasteiger partial charge on any atom is 0.254 e. The highest BCUT2D eigenvalue weighted by Gasteiger charge is 2.30. The Balaban J connectivity index is 1.74. The van der Waals surface area contributed by atoms with Crippen LogP contribution in [0.5, 0.6) is 0 Å². The third kappa shape index (κ3) is 3.51. The molecule has 2 heterocycles. The van der Waals surface area contributed by atoms with Gasteiger partial charge in [0.1, 0.15) is 4.90 Å². The van der Waals surface area contributed by atoms with Gasteiger partial charge in [-0.15, -0.1) is 0 Å². The minimum atomic E-state index is -3.95. The van der Waals surface area contributed by atoms with E-state index in [1.807, 2.05) is 0 Å². The molecule has 9 heteroatoms. The van der Waals surface area contributed by atoms with Crippen LogP contribution in [0.4, 0.5) is 0 Å². The lowest BCUT2D eigenvalue weighted by Gasteiger charge is -2.28. The molecule has 1 aromatic rings. The molecule has 0 aromatic heterocycles. The summed E-state index contributed by atoms with van der Waals surface area (Å²) < 4.78 is 28.3. The van der Waals surface area contributed by atoms with E-state index in [9.17, 15) is 13.2 Å². The number of ether oxygens (including phenoxy) is 1. The van der Waals surface area contributed by atoms with E-state index in [1.165, 1.54) is 12.1 Å². The van der Waals surface area contributed by atoms with Crippen molar-refractivity contribution >= 4 is 27.5 Å². The second-order valence-electron chi connectivity index (χ2n) is 5.67. The van der Waals surface area contributed by atoms with Gasteiger partial charge in [0.25, 0.3) is 5.91 Å². The predicted octanol–water partition coefficient (Wildman–Crippen LogP) is 0.275. The van der Waals surface area contributed by atoms with Gasteiger partial charge in [-0.05, 0) is 17.7 Å². The lowest BCUT2D eigenvalue weighted by molar-refractivity contribution is 0.0327. The van der Waals surface area contributed by atoms with Crippen molar-refractivity contribution in [2.45, 2.75) is 11.4 Å². The standard InChI is InChI=1S/C14H18ClN3O4S/c15-12-7-10-9-18(2-1-17-3-5-22-6-4-17)14(19)11(10)8-13(12)23(16,20)21/h7-8H,1-6,9H2,(H2,16,20,21). The fourth-order valence-corrected chi connectivity index (χ4v) is 3.98. The molecule has 2 aliphatic heterocycles. The zero-order chi connectivity index (χ0) is 16.6. The number of rotatable bonds is 4. The highest BCUT2D eigenvalue weighted by atomic mass is 35.5. The molecular formula is C14H18ClN3O4S. The second kappa shape index (κ2) is 6.37. The smallest absolute Gasteiger partial charge is 0.254 e. The molecule has 0 radical (unpaired) electrons. The zero-order valence-corrected chi connectivity index (χ0v) is 14.1. The molecule has 0 aliphatic carbocycles. The summed E-state index contributed by atoms with van der Waals surface area (Å²) in [6.45, 7) is 4.91. The minimum Gasteiger partial charge on any atom is -0.379 e. The molecule has 1 saturated heterocycles. The molecule has 126 valence electrons. The Morgan fingerprint density at radius 1 is 1.22 bits per heavy atom. The second-order valence-corrected chi connectivity index (χ2v) is 7.60. The third-order valence-corrected chi connectivity index (χ3v) is 5.51. The quantitative estimate of drug-likeness (QED) is 0.833. The Hall–Kier alpha value is -1.19. The summed E-state index contributed by atoms with van der Waals surface area (Å²) in [4.78, 5) is 16.2. The number of sulfonamides is 1. The van der Waals surface area contributed by atoms with E-state index < -0.39 is 10.0 Å². The van der Waals surface area contributed by atoms with Gasteiger partial charge in [-0.3, -0.25) is 9.69 Å². The van der Waals surface area contributed by atoms with Crippen LogP contribution >= 0.6 is 11.6 Å². The molecule has 0 unspecified atom stereocenters. The Labute approximate surface area is 140 Å². The van der Waals surface area contributed by atoms with Crippen molar-refractivity contribution in [3.63, 3.8) is 0 Å². The maximum atomic E-state index is 12.5. The van der Waals surface area contributed by atoms with Crippen LogP contribution in [-0.2, 0) is 21.3 Å². The number of benzene rings is 1. The molecule has 0 saturated carbocycles. The van der Waals surface area contributed by atoms with Crippen molar-refractivity contribution in [3.05, 3.63) is 28.3 Å². The molecular weight excluding hydrogens is 342 g/mol. The molecule has 1 aromatic carbocycles. The van der Waals surface area contributed by atoms with Crippen LogP contribution in [0.2, 0.25) is 5.02 Å². The van der Waals surface area contributed by atoms with Gasteiger partial charge in [0.2, 0.25) is 10.0 Å². The van der Waals surface area contributed by atoms with Gasteiger partial charge in [0.05, 0.1) is 18.2 Å². The van der Waals surface area contributed by atoms with Crippen LogP contribution in [0.15, 0.2) is 17.0 Å². The molecule has 1 fully saturated rings. The number of nitrogens with zero attached hydrogens (tertiary/aromatic N) is 2. The first-order valence-corrected chi connectivity index (χ1v) is 9.23. The fourth-order valence-electron chi connectivity index (χ4n) is 2.86. The molecule has 0 spiro atoms. The number of amides is 1. The van der Waals surface area contributed by atoms with Crippen molar-refractivity contribution in [2.75, 3.05) is 39.4 Å². The van der Waals surface area contributed by atoms with Gasteiger partial charge in [-0.2, -0.15) is 0 Å². The number of hydrogen-bond acceptors (Lipinski definition) is 5. The Morgan fingerprint density at radius 2 is 1.91 bits per heavy atom. The topological polar surface area (TPSA) is 92.9 Å².